The summed E-state index contributed by atoms with van der Waals surface area (Å²) in [6.45, 7) is 3.79. The van der Waals surface area contributed by atoms with E-state index >= 15 is 0 Å². The Morgan fingerprint density at radius 2 is 2.00 bits per heavy atom. The molecule has 1 aromatic carbocycles. The van der Waals surface area contributed by atoms with E-state index in [-0.39, 0.29) is 16.6 Å². The quantitative estimate of drug-likeness (QED) is 0.739. The summed E-state index contributed by atoms with van der Waals surface area (Å²) in [5, 5.41) is 0. The number of fused-ring (bicyclic) bond motifs is 1. The Balaban J connectivity index is 2.65. The van der Waals surface area contributed by atoms with Gasteiger partial charge in [0.15, 0.2) is 9.84 Å². The zero-order valence-corrected chi connectivity index (χ0v) is 9.57. The molecule has 1 aliphatic heterocycles. The lowest BCUT2D eigenvalue weighted by Crippen LogP contribution is -2.00. The Labute approximate surface area is 89.0 Å². The van der Waals surface area contributed by atoms with Gasteiger partial charge < -0.3 is 0 Å². The molecule has 4 heteroatoms. The fraction of sp³-hybridized carbons (Fsp3) is 0.455. The molecule has 0 fully saturated rings. The lowest BCUT2D eigenvalue weighted by molar-refractivity contribution is 0.585. The molecule has 0 atom stereocenters. The zero-order valence-electron chi connectivity index (χ0n) is 8.75. The van der Waals surface area contributed by atoms with Gasteiger partial charge in [-0.3, -0.25) is 0 Å². The van der Waals surface area contributed by atoms with Gasteiger partial charge >= 0.3 is 0 Å². The largest absolute Gasteiger partial charge is 0.224 e. The van der Waals surface area contributed by atoms with E-state index in [1.165, 1.54) is 6.07 Å². The van der Waals surface area contributed by atoms with E-state index in [0.717, 1.165) is 5.56 Å². The number of hydrogen-bond acceptors (Lipinski definition) is 2. The Hall–Kier alpha value is -0.900. The molecule has 0 aromatic heterocycles. The second-order valence-corrected chi connectivity index (χ2v) is 6.28. The average molecular weight is 228 g/mol. The summed E-state index contributed by atoms with van der Waals surface area (Å²) in [4.78, 5) is 0.185. The van der Waals surface area contributed by atoms with Gasteiger partial charge in [-0.2, -0.15) is 0 Å². The molecule has 2 rings (SSSR count). The third-order valence-electron chi connectivity index (χ3n) is 2.78. The Bertz CT molecular complexity index is 504. The van der Waals surface area contributed by atoms with Gasteiger partial charge in [0.05, 0.1) is 10.6 Å². The minimum atomic E-state index is -3.21. The molecule has 0 bridgehead atoms. The molecule has 15 heavy (non-hydrogen) atoms. The van der Waals surface area contributed by atoms with Crippen LogP contribution in [0.3, 0.4) is 0 Å². The molecule has 2 nitrogen and oxygen atoms in total. The van der Waals surface area contributed by atoms with Gasteiger partial charge in [0, 0.05) is 0 Å². The first-order chi connectivity index (χ1) is 6.92. The smallest absolute Gasteiger partial charge is 0.179 e. The van der Waals surface area contributed by atoms with Crippen LogP contribution in [0, 0.1) is 5.82 Å². The standard InChI is InChI=1S/C11H13FO2S/c1-7(2)9-5-8-3-4-15(13,14)11(8)6-10(9)12/h5-7H,3-4H2,1-2H3. The number of benzene rings is 1. The fourth-order valence-corrected chi connectivity index (χ4v) is 3.45. The van der Waals surface area contributed by atoms with E-state index < -0.39 is 15.7 Å². The van der Waals surface area contributed by atoms with Crippen molar-refractivity contribution in [2.24, 2.45) is 0 Å². The molecule has 1 aromatic rings. The molecule has 0 aliphatic carbocycles. The maximum absolute atomic E-state index is 13.6. The lowest BCUT2D eigenvalue weighted by Gasteiger charge is -2.09. The van der Waals surface area contributed by atoms with Crippen LogP contribution in [0.15, 0.2) is 17.0 Å². The van der Waals surface area contributed by atoms with Crippen molar-refractivity contribution >= 4 is 9.84 Å². The monoisotopic (exact) mass is 228 g/mol. The van der Waals surface area contributed by atoms with Crippen molar-refractivity contribution < 1.29 is 12.8 Å². The molecule has 0 radical (unpaired) electrons. The van der Waals surface area contributed by atoms with Crippen LogP contribution in [-0.2, 0) is 16.3 Å². The van der Waals surface area contributed by atoms with Crippen molar-refractivity contribution in [1.29, 1.82) is 0 Å². The normalized spacial score (nSPS) is 18.1. The summed E-state index contributed by atoms with van der Waals surface area (Å²) in [5.41, 5.74) is 1.37. The Kier molecular flexibility index (Phi) is 2.34. The third kappa shape index (κ3) is 1.67. The first kappa shape index (κ1) is 10.6. The molecule has 0 saturated heterocycles. The van der Waals surface area contributed by atoms with Gasteiger partial charge in [0.25, 0.3) is 0 Å². The predicted octanol–water partition coefficient (Wildman–Crippen LogP) is 2.28. The van der Waals surface area contributed by atoms with Crippen LogP contribution >= 0.6 is 0 Å². The van der Waals surface area contributed by atoms with E-state index in [9.17, 15) is 12.8 Å². The minimum Gasteiger partial charge on any atom is -0.224 e. The molecule has 0 N–H and O–H groups in total. The van der Waals surface area contributed by atoms with Crippen molar-refractivity contribution in [1.82, 2.24) is 0 Å². The van der Waals surface area contributed by atoms with Gasteiger partial charge in [0.2, 0.25) is 0 Å². The summed E-state index contributed by atoms with van der Waals surface area (Å²) >= 11 is 0. The van der Waals surface area contributed by atoms with Crippen LogP contribution in [0.1, 0.15) is 30.9 Å². The zero-order chi connectivity index (χ0) is 11.2. The SMILES string of the molecule is CC(C)c1cc2c(cc1F)S(=O)(=O)CC2. The number of sulfone groups is 1. The highest BCUT2D eigenvalue weighted by Gasteiger charge is 2.28. The van der Waals surface area contributed by atoms with Crippen molar-refractivity contribution in [3.63, 3.8) is 0 Å². The van der Waals surface area contributed by atoms with Crippen LogP contribution < -0.4 is 0 Å². The molecule has 1 heterocycles. The highest BCUT2D eigenvalue weighted by molar-refractivity contribution is 7.91. The minimum absolute atomic E-state index is 0.0820. The Morgan fingerprint density at radius 1 is 1.33 bits per heavy atom. The van der Waals surface area contributed by atoms with Gasteiger partial charge in [-0.15, -0.1) is 0 Å². The predicted molar refractivity (Wildman–Crippen MR) is 56.2 cm³/mol. The molecular formula is C11H13FO2S. The van der Waals surface area contributed by atoms with Gasteiger partial charge in [-0.05, 0) is 29.5 Å². The van der Waals surface area contributed by atoms with E-state index in [2.05, 4.69) is 0 Å². The molecule has 0 saturated carbocycles. The summed E-state index contributed by atoms with van der Waals surface area (Å²) in [6, 6.07) is 2.87. The van der Waals surface area contributed by atoms with E-state index in [0.29, 0.717) is 12.0 Å². The second kappa shape index (κ2) is 3.30. The highest BCUT2D eigenvalue weighted by Crippen LogP contribution is 2.30. The van der Waals surface area contributed by atoms with Crippen LogP contribution in [-0.4, -0.2) is 14.2 Å². The number of rotatable bonds is 1. The summed E-state index contributed by atoms with van der Waals surface area (Å²) in [7, 11) is -3.21. The van der Waals surface area contributed by atoms with E-state index in [1.54, 1.807) is 6.07 Å². The molecular weight excluding hydrogens is 215 g/mol. The number of hydrogen-bond donors (Lipinski definition) is 0. The molecule has 1 aliphatic rings. The van der Waals surface area contributed by atoms with E-state index in [4.69, 9.17) is 0 Å². The summed E-state index contributed by atoms with van der Waals surface area (Å²) in [5.74, 6) is -0.212. The average Bonchev–Trinajstić information content (AvgIpc) is 2.41. The van der Waals surface area contributed by atoms with Crippen molar-refractivity contribution in [2.45, 2.75) is 31.1 Å². The molecule has 0 amide bonds. The first-order valence-electron chi connectivity index (χ1n) is 4.97. The number of halogens is 1. The first-order valence-corrected chi connectivity index (χ1v) is 6.62. The van der Waals surface area contributed by atoms with Crippen LogP contribution in [0.25, 0.3) is 0 Å². The molecule has 82 valence electrons. The van der Waals surface area contributed by atoms with E-state index in [1.807, 2.05) is 13.8 Å². The maximum Gasteiger partial charge on any atom is 0.179 e. The van der Waals surface area contributed by atoms with Crippen molar-refractivity contribution in [2.75, 3.05) is 5.75 Å². The Morgan fingerprint density at radius 3 is 2.60 bits per heavy atom. The summed E-state index contributed by atoms with van der Waals surface area (Å²) in [6.07, 6.45) is 0.512. The second-order valence-electron chi connectivity index (χ2n) is 4.21. The number of aryl methyl sites for hydroxylation is 1. The fourth-order valence-electron chi connectivity index (χ4n) is 1.90. The highest BCUT2D eigenvalue weighted by atomic mass is 32.2. The van der Waals surface area contributed by atoms with Crippen LogP contribution in [0.2, 0.25) is 0 Å². The van der Waals surface area contributed by atoms with Crippen LogP contribution in [0.4, 0.5) is 4.39 Å². The third-order valence-corrected chi connectivity index (χ3v) is 4.57. The van der Waals surface area contributed by atoms with Crippen molar-refractivity contribution in [3.8, 4) is 0 Å². The molecule has 0 unspecified atom stereocenters. The topological polar surface area (TPSA) is 34.1 Å². The van der Waals surface area contributed by atoms with Gasteiger partial charge in [-0.1, -0.05) is 19.9 Å². The van der Waals surface area contributed by atoms with Gasteiger partial charge in [0.1, 0.15) is 5.82 Å². The van der Waals surface area contributed by atoms with Gasteiger partial charge in [-0.25, -0.2) is 12.8 Å². The van der Waals surface area contributed by atoms with Crippen LogP contribution in [0.5, 0.6) is 0 Å². The maximum atomic E-state index is 13.6. The molecule has 0 spiro atoms. The van der Waals surface area contributed by atoms with Crippen molar-refractivity contribution in [3.05, 3.63) is 29.1 Å². The summed E-state index contributed by atoms with van der Waals surface area (Å²) < 4.78 is 36.6. The lowest BCUT2D eigenvalue weighted by atomic mass is 9.99.